The summed E-state index contributed by atoms with van der Waals surface area (Å²) in [5, 5.41) is 3.43. The summed E-state index contributed by atoms with van der Waals surface area (Å²) in [5.41, 5.74) is 5.01. The van der Waals surface area contributed by atoms with Crippen molar-refractivity contribution in [3.8, 4) is 0 Å². The second-order valence-electron chi connectivity index (χ2n) is 5.25. The highest BCUT2D eigenvalue weighted by molar-refractivity contribution is 5.67. The van der Waals surface area contributed by atoms with Crippen molar-refractivity contribution >= 4 is 16.9 Å². The molecule has 0 radical (unpaired) electrons. The first-order chi connectivity index (χ1) is 9.79. The van der Waals surface area contributed by atoms with E-state index in [1.54, 1.807) is 0 Å². The largest absolute Gasteiger partial charge is 0.439 e. The average Bonchev–Trinajstić information content (AvgIpc) is 3.03. The van der Waals surface area contributed by atoms with E-state index < -0.39 is 0 Å². The van der Waals surface area contributed by atoms with Crippen molar-refractivity contribution in [2.24, 2.45) is 0 Å². The van der Waals surface area contributed by atoms with E-state index in [0.717, 1.165) is 30.1 Å². The summed E-state index contributed by atoms with van der Waals surface area (Å²) in [6, 6.07) is 12.3. The summed E-state index contributed by atoms with van der Waals surface area (Å²) in [6.07, 6.45) is 0.805. The Bertz CT molecular complexity index is 778. The van der Waals surface area contributed by atoms with Crippen molar-refractivity contribution in [3.63, 3.8) is 0 Å². The van der Waals surface area contributed by atoms with Gasteiger partial charge in [-0.1, -0.05) is 18.2 Å². The van der Waals surface area contributed by atoms with Gasteiger partial charge in [0.2, 0.25) is 0 Å². The molecule has 4 rings (SSSR count). The van der Waals surface area contributed by atoms with Crippen LogP contribution in [0.3, 0.4) is 0 Å². The highest BCUT2D eigenvalue weighted by Crippen LogP contribution is 2.33. The summed E-state index contributed by atoms with van der Waals surface area (Å²) < 4.78 is 5.80. The normalized spacial score (nSPS) is 17.1. The molecule has 3 aromatic rings. The van der Waals surface area contributed by atoms with E-state index in [2.05, 4.69) is 39.6 Å². The summed E-state index contributed by atoms with van der Waals surface area (Å²) in [6.45, 7) is 2.90. The second kappa shape index (κ2) is 4.34. The minimum Gasteiger partial charge on any atom is -0.439 e. The fourth-order valence-electron chi connectivity index (χ4n) is 2.80. The van der Waals surface area contributed by atoms with Crippen LogP contribution in [0.1, 0.15) is 23.1 Å². The van der Waals surface area contributed by atoms with Crippen molar-refractivity contribution in [1.82, 2.24) is 9.97 Å². The Kier molecular flexibility index (Phi) is 2.49. The number of anilines is 1. The molecule has 1 aliphatic heterocycles. The van der Waals surface area contributed by atoms with Crippen LogP contribution in [0.4, 0.5) is 5.69 Å². The molecular weight excluding hydrogens is 250 g/mol. The fourth-order valence-corrected chi connectivity index (χ4v) is 2.80. The van der Waals surface area contributed by atoms with Crippen molar-refractivity contribution in [2.45, 2.75) is 19.3 Å². The van der Waals surface area contributed by atoms with E-state index in [-0.39, 0.29) is 0 Å². The third-order valence-corrected chi connectivity index (χ3v) is 3.80. The molecule has 4 heteroatoms. The van der Waals surface area contributed by atoms with Gasteiger partial charge in [-0.15, -0.1) is 0 Å². The highest BCUT2D eigenvalue weighted by Gasteiger charge is 2.23. The summed E-state index contributed by atoms with van der Waals surface area (Å²) >= 11 is 0. The van der Waals surface area contributed by atoms with E-state index in [1.165, 1.54) is 11.3 Å². The van der Waals surface area contributed by atoms with Gasteiger partial charge in [-0.3, -0.25) is 0 Å². The van der Waals surface area contributed by atoms with E-state index in [4.69, 9.17) is 4.42 Å². The van der Waals surface area contributed by atoms with E-state index in [1.807, 2.05) is 19.1 Å². The number of pyridine rings is 1. The van der Waals surface area contributed by atoms with Crippen molar-refractivity contribution in [1.29, 1.82) is 0 Å². The molecule has 0 amide bonds. The molecule has 1 N–H and O–H groups in total. The van der Waals surface area contributed by atoms with Gasteiger partial charge in [0.15, 0.2) is 17.1 Å². The molecule has 0 fully saturated rings. The quantitative estimate of drug-likeness (QED) is 0.772. The lowest BCUT2D eigenvalue weighted by molar-refractivity contribution is 0.507. The number of nitrogens with one attached hydrogen (secondary N) is 1. The maximum atomic E-state index is 5.80. The van der Waals surface area contributed by atoms with Gasteiger partial charge in [0.1, 0.15) is 0 Å². The molecule has 0 saturated carbocycles. The summed E-state index contributed by atoms with van der Waals surface area (Å²) in [5.74, 6) is 1.18. The van der Waals surface area contributed by atoms with E-state index in [9.17, 15) is 0 Å². The summed E-state index contributed by atoms with van der Waals surface area (Å²) in [4.78, 5) is 8.90. The van der Waals surface area contributed by atoms with Crippen molar-refractivity contribution < 1.29 is 4.42 Å². The van der Waals surface area contributed by atoms with Crippen LogP contribution in [0.25, 0.3) is 11.2 Å². The number of oxazole rings is 1. The molecule has 100 valence electrons. The Labute approximate surface area is 116 Å². The third-order valence-electron chi connectivity index (χ3n) is 3.80. The Morgan fingerprint density at radius 3 is 3.05 bits per heavy atom. The Morgan fingerprint density at radius 2 is 2.10 bits per heavy atom. The molecule has 4 nitrogen and oxygen atoms in total. The lowest BCUT2D eigenvalue weighted by Crippen LogP contribution is -2.05. The number of aromatic nitrogens is 2. The van der Waals surface area contributed by atoms with E-state index >= 15 is 0 Å². The first-order valence-electron chi connectivity index (χ1n) is 6.85. The molecule has 0 bridgehead atoms. The lowest BCUT2D eigenvalue weighted by atomic mass is 9.98. The average molecular weight is 265 g/mol. The lowest BCUT2D eigenvalue weighted by Gasteiger charge is -2.06. The van der Waals surface area contributed by atoms with E-state index in [0.29, 0.717) is 11.6 Å². The van der Waals surface area contributed by atoms with Crippen LogP contribution in [0.5, 0.6) is 0 Å². The van der Waals surface area contributed by atoms with Gasteiger partial charge < -0.3 is 9.73 Å². The van der Waals surface area contributed by atoms with Crippen LogP contribution in [-0.4, -0.2) is 16.5 Å². The van der Waals surface area contributed by atoms with Crippen LogP contribution >= 0.6 is 0 Å². The first kappa shape index (κ1) is 11.5. The molecule has 1 aromatic carbocycles. The molecule has 3 heterocycles. The maximum absolute atomic E-state index is 5.80. The first-order valence-corrected chi connectivity index (χ1v) is 6.85. The Morgan fingerprint density at radius 1 is 1.20 bits per heavy atom. The zero-order valence-corrected chi connectivity index (χ0v) is 11.3. The predicted molar refractivity (Wildman–Crippen MR) is 77.9 cm³/mol. The zero-order valence-electron chi connectivity index (χ0n) is 11.3. The minimum atomic E-state index is 0.417. The number of nitrogens with zero attached hydrogens (tertiary/aromatic N) is 2. The van der Waals surface area contributed by atoms with Gasteiger partial charge in [-0.05, 0) is 30.7 Å². The van der Waals surface area contributed by atoms with Gasteiger partial charge in [-0.25, -0.2) is 4.98 Å². The topological polar surface area (TPSA) is 51.0 Å². The van der Waals surface area contributed by atoms with Gasteiger partial charge in [0.05, 0.1) is 0 Å². The number of aryl methyl sites for hydroxylation is 1. The van der Waals surface area contributed by atoms with Crippen LogP contribution in [0, 0.1) is 6.92 Å². The molecule has 0 aliphatic carbocycles. The molecular formula is C16H15N3O. The fraction of sp³-hybridized carbons (Fsp3) is 0.250. The molecule has 1 aliphatic rings. The van der Waals surface area contributed by atoms with Gasteiger partial charge >= 0.3 is 0 Å². The highest BCUT2D eigenvalue weighted by atomic mass is 16.3. The maximum Gasteiger partial charge on any atom is 0.199 e. The molecule has 0 spiro atoms. The standard InChI is InChI=1S/C16H15N3O/c1-10-6-7-14-16(18-10)19-15(20-14)8-11-9-17-13-5-3-2-4-12(11)13/h2-7,11,17H,8-9H2,1H3. The smallest absolute Gasteiger partial charge is 0.199 e. The number of hydrogen-bond donors (Lipinski definition) is 1. The molecule has 1 unspecified atom stereocenters. The second-order valence-corrected chi connectivity index (χ2v) is 5.25. The number of fused-ring (bicyclic) bond motifs is 2. The number of benzene rings is 1. The number of rotatable bonds is 2. The van der Waals surface area contributed by atoms with Crippen LogP contribution in [0.2, 0.25) is 0 Å². The number of hydrogen-bond acceptors (Lipinski definition) is 4. The van der Waals surface area contributed by atoms with Crippen molar-refractivity contribution in [3.05, 3.63) is 53.5 Å². The molecule has 20 heavy (non-hydrogen) atoms. The zero-order chi connectivity index (χ0) is 13.5. The van der Waals surface area contributed by atoms with Crippen LogP contribution < -0.4 is 5.32 Å². The SMILES string of the molecule is Cc1ccc2oc(CC3CNc4ccccc43)nc2n1. The Balaban J connectivity index is 1.65. The minimum absolute atomic E-state index is 0.417. The third kappa shape index (κ3) is 1.84. The Hall–Kier alpha value is -2.36. The summed E-state index contributed by atoms with van der Waals surface area (Å²) in [7, 11) is 0. The molecule has 1 atom stereocenters. The van der Waals surface area contributed by atoms with Gasteiger partial charge in [0, 0.05) is 30.3 Å². The molecule has 0 saturated heterocycles. The molecule has 2 aromatic heterocycles. The predicted octanol–water partition coefficient (Wildman–Crippen LogP) is 3.28. The van der Waals surface area contributed by atoms with Gasteiger partial charge in [-0.2, -0.15) is 4.98 Å². The van der Waals surface area contributed by atoms with Crippen molar-refractivity contribution in [2.75, 3.05) is 11.9 Å². The number of para-hydroxylation sites is 1. The monoisotopic (exact) mass is 265 g/mol. The van der Waals surface area contributed by atoms with Crippen LogP contribution in [-0.2, 0) is 6.42 Å². The van der Waals surface area contributed by atoms with Gasteiger partial charge in [0.25, 0.3) is 0 Å². The van der Waals surface area contributed by atoms with Crippen LogP contribution in [0.15, 0.2) is 40.8 Å².